The van der Waals surface area contributed by atoms with Crippen molar-refractivity contribution in [2.24, 2.45) is 5.92 Å². The van der Waals surface area contributed by atoms with E-state index in [1.807, 2.05) is 0 Å². The summed E-state index contributed by atoms with van der Waals surface area (Å²) in [5.74, 6) is 1.12. The molecule has 0 aliphatic heterocycles. The van der Waals surface area contributed by atoms with E-state index in [0.717, 1.165) is 5.92 Å². The van der Waals surface area contributed by atoms with Gasteiger partial charge in [0.2, 0.25) is 0 Å². The first-order chi connectivity index (χ1) is 5.43. The molecule has 0 aromatic rings. The van der Waals surface area contributed by atoms with E-state index in [4.69, 9.17) is 0 Å². The van der Waals surface area contributed by atoms with Gasteiger partial charge in [0, 0.05) is 0 Å². The Kier molecular flexibility index (Phi) is 4.87. The third-order valence-electron chi connectivity index (χ3n) is 2.63. The van der Waals surface area contributed by atoms with Crippen LogP contribution in [-0.4, -0.2) is 16.2 Å². The quantitative estimate of drug-likeness (QED) is 0.490. The summed E-state index contributed by atoms with van der Waals surface area (Å²) in [5.41, 5.74) is 0. The van der Waals surface area contributed by atoms with Gasteiger partial charge in [0.1, 0.15) is 0 Å². The summed E-state index contributed by atoms with van der Waals surface area (Å²) in [6.07, 6.45) is 7.37. The lowest BCUT2D eigenvalue weighted by molar-refractivity contribution is 0.604. The van der Waals surface area contributed by atoms with Crippen LogP contribution < -0.4 is 4.98 Å². The predicted molar refractivity (Wildman–Crippen MR) is 53.6 cm³/mol. The van der Waals surface area contributed by atoms with E-state index in [2.05, 4.69) is 11.9 Å². The molecule has 1 fully saturated rings. The molecule has 1 N–H and O–H groups in total. The molecule has 0 saturated heterocycles. The van der Waals surface area contributed by atoms with Crippen LogP contribution in [0, 0.1) is 5.92 Å². The van der Waals surface area contributed by atoms with Gasteiger partial charge in [0.05, 0.1) is 9.68 Å². The minimum Gasteiger partial charge on any atom is -0.342 e. The maximum atomic E-state index is 3.60. The molecule has 1 saturated carbocycles. The molecule has 0 heterocycles. The summed E-state index contributed by atoms with van der Waals surface area (Å²) < 4.78 is 0. The minimum absolute atomic E-state index is 0.121. The molecule has 2 heteroatoms. The zero-order valence-electron chi connectivity index (χ0n) is 7.73. The van der Waals surface area contributed by atoms with Crippen molar-refractivity contribution in [2.75, 3.05) is 6.54 Å². The van der Waals surface area contributed by atoms with Crippen LogP contribution in [0.5, 0.6) is 0 Å². The zero-order chi connectivity index (χ0) is 7.94. The maximum absolute atomic E-state index is 3.60. The number of hydrogen-bond donors (Lipinski definition) is 1. The second-order valence-electron chi connectivity index (χ2n) is 3.69. The Bertz CT molecular complexity index is 89.6. The molecule has 1 aliphatic carbocycles. The first kappa shape index (κ1) is 9.27. The molecule has 0 radical (unpaired) electrons. The normalized spacial score (nSPS) is 20.5. The highest BCUT2D eigenvalue weighted by molar-refractivity contribution is 6.32. The number of rotatable bonds is 5. The van der Waals surface area contributed by atoms with Crippen LogP contribution in [0.15, 0.2) is 0 Å². The Morgan fingerprint density at radius 1 is 1.36 bits per heavy atom. The van der Waals surface area contributed by atoms with E-state index in [1.165, 1.54) is 38.6 Å². The van der Waals surface area contributed by atoms with E-state index in [-0.39, 0.29) is 9.68 Å². The first-order valence-corrected chi connectivity index (χ1v) is 6.85. The van der Waals surface area contributed by atoms with Crippen LogP contribution in [0.4, 0.5) is 0 Å². The summed E-state index contributed by atoms with van der Waals surface area (Å²) in [5, 5.41) is 0. The largest absolute Gasteiger partial charge is 0.342 e. The van der Waals surface area contributed by atoms with Crippen molar-refractivity contribution < 1.29 is 0 Å². The molecule has 0 atom stereocenters. The fourth-order valence-corrected chi connectivity index (χ4v) is 3.70. The van der Waals surface area contributed by atoms with Crippen LogP contribution in [-0.2, 0) is 0 Å². The van der Waals surface area contributed by atoms with Crippen molar-refractivity contribution in [3.63, 3.8) is 0 Å². The third kappa shape index (κ3) is 3.92. The van der Waals surface area contributed by atoms with Crippen molar-refractivity contribution in [3.05, 3.63) is 0 Å². The average Bonchev–Trinajstić information content (AvgIpc) is 2.50. The molecule has 0 bridgehead atoms. The van der Waals surface area contributed by atoms with Crippen molar-refractivity contribution >= 4 is 9.68 Å². The van der Waals surface area contributed by atoms with Gasteiger partial charge >= 0.3 is 0 Å². The molecule has 1 nitrogen and oxygen atoms in total. The molecule has 0 unspecified atom stereocenters. The van der Waals surface area contributed by atoms with Gasteiger partial charge in [-0.3, -0.25) is 0 Å². The zero-order valence-corrected chi connectivity index (χ0v) is 9.15. The lowest BCUT2D eigenvalue weighted by atomic mass is 10.1. The fourth-order valence-electron chi connectivity index (χ4n) is 1.91. The molecule has 11 heavy (non-hydrogen) atoms. The highest BCUT2D eigenvalue weighted by Gasteiger charge is 2.13. The van der Waals surface area contributed by atoms with Crippen molar-refractivity contribution in [1.82, 2.24) is 4.98 Å². The van der Waals surface area contributed by atoms with E-state index < -0.39 is 0 Å². The van der Waals surface area contributed by atoms with Gasteiger partial charge in [-0.05, 0) is 24.9 Å². The second-order valence-corrected chi connectivity index (χ2v) is 5.27. The van der Waals surface area contributed by atoms with E-state index >= 15 is 0 Å². The summed E-state index contributed by atoms with van der Waals surface area (Å²) in [6, 6.07) is 1.56. The SMILES string of the molecule is CCCN[SiH2]CC1CCCC1. The molecule has 0 spiro atoms. The van der Waals surface area contributed by atoms with Crippen LogP contribution in [0.1, 0.15) is 39.0 Å². The summed E-state index contributed by atoms with van der Waals surface area (Å²) >= 11 is 0. The topological polar surface area (TPSA) is 12.0 Å². The fraction of sp³-hybridized carbons (Fsp3) is 1.00. The Hall–Kier alpha value is 0.177. The van der Waals surface area contributed by atoms with Crippen molar-refractivity contribution in [3.8, 4) is 0 Å². The second kappa shape index (κ2) is 5.78. The smallest absolute Gasteiger partial charge is 0.0919 e. The van der Waals surface area contributed by atoms with Gasteiger partial charge in [0.25, 0.3) is 0 Å². The summed E-state index contributed by atoms with van der Waals surface area (Å²) in [6.45, 7) is 3.51. The van der Waals surface area contributed by atoms with Gasteiger partial charge in [-0.25, -0.2) is 0 Å². The standard InChI is InChI=1S/C9H21NSi/c1-2-7-10-11-8-9-5-3-4-6-9/h9-10H,2-8,11H2,1H3. The van der Waals surface area contributed by atoms with Crippen LogP contribution in [0.3, 0.4) is 0 Å². The van der Waals surface area contributed by atoms with Gasteiger partial charge in [-0.1, -0.05) is 32.6 Å². The first-order valence-electron chi connectivity index (χ1n) is 5.14. The number of hydrogen-bond acceptors (Lipinski definition) is 1. The van der Waals surface area contributed by atoms with Gasteiger partial charge in [-0.2, -0.15) is 0 Å². The number of nitrogens with one attached hydrogen (secondary N) is 1. The predicted octanol–water partition coefficient (Wildman–Crippen LogP) is 1.68. The molecular formula is C9H21NSi. The highest BCUT2D eigenvalue weighted by Crippen LogP contribution is 2.27. The van der Waals surface area contributed by atoms with Gasteiger partial charge in [0.15, 0.2) is 0 Å². The Morgan fingerprint density at radius 3 is 2.73 bits per heavy atom. The lowest BCUT2D eigenvalue weighted by Gasteiger charge is -2.07. The molecule has 0 aromatic carbocycles. The Labute approximate surface area is 72.9 Å². The lowest BCUT2D eigenvalue weighted by Crippen LogP contribution is -2.21. The molecule has 0 amide bonds. The van der Waals surface area contributed by atoms with E-state index in [9.17, 15) is 0 Å². The van der Waals surface area contributed by atoms with Crippen LogP contribution in [0.2, 0.25) is 6.04 Å². The molecular weight excluding hydrogens is 150 g/mol. The van der Waals surface area contributed by atoms with Crippen molar-refractivity contribution in [2.45, 2.75) is 45.1 Å². The molecule has 0 aromatic heterocycles. The maximum Gasteiger partial charge on any atom is 0.0919 e. The average molecular weight is 171 g/mol. The third-order valence-corrected chi connectivity index (χ3v) is 4.44. The molecule has 1 rings (SSSR count). The highest BCUT2D eigenvalue weighted by atomic mass is 28.2. The molecule has 1 aliphatic rings. The van der Waals surface area contributed by atoms with Crippen LogP contribution >= 0.6 is 0 Å². The monoisotopic (exact) mass is 171 g/mol. The van der Waals surface area contributed by atoms with Gasteiger partial charge in [-0.15, -0.1) is 0 Å². The van der Waals surface area contributed by atoms with E-state index in [0.29, 0.717) is 0 Å². The van der Waals surface area contributed by atoms with E-state index in [1.54, 1.807) is 6.04 Å². The van der Waals surface area contributed by atoms with Crippen LogP contribution in [0.25, 0.3) is 0 Å². The van der Waals surface area contributed by atoms with Gasteiger partial charge < -0.3 is 4.98 Å². The minimum atomic E-state index is 0.121. The Morgan fingerprint density at radius 2 is 2.09 bits per heavy atom. The summed E-state index contributed by atoms with van der Waals surface area (Å²) in [7, 11) is 0.121. The summed E-state index contributed by atoms with van der Waals surface area (Å²) in [4.78, 5) is 3.60. The molecule has 66 valence electrons. The Balaban J connectivity index is 1.86. The van der Waals surface area contributed by atoms with Crippen molar-refractivity contribution in [1.29, 1.82) is 0 Å².